The number of hydrogen-bond acceptors (Lipinski definition) is 6. The van der Waals surface area contributed by atoms with Crippen LogP contribution in [0.4, 0.5) is 4.39 Å². The number of aryl methyl sites for hydroxylation is 2. The van der Waals surface area contributed by atoms with Gasteiger partial charge in [0.25, 0.3) is 5.91 Å². The van der Waals surface area contributed by atoms with Crippen molar-refractivity contribution in [3.63, 3.8) is 0 Å². The van der Waals surface area contributed by atoms with Crippen molar-refractivity contribution in [2.75, 3.05) is 39.3 Å². The van der Waals surface area contributed by atoms with Crippen molar-refractivity contribution in [2.24, 2.45) is 11.8 Å². The normalized spacial score (nSPS) is 23.7. The molecule has 3 aliphatic rings. The van der Waals surface area contributed by atoms with Gasteiger partial charge >= 0.3 is 0 Å². The first-order chi connectivity index (χ1) is 18.3. The molecule has 2 amide bonds. The summed E-state index contributed by atoms with van der Waals surface area (Å²) in [5.41, 5.74) is 2.53. The minimum Gasteiger partial charge on any atom is -0.368 e. The van der Waals surface area contributed by atoms with Gasteiger partial charge in [0.1, 0.15) is 11.9 Å². The van der Waals surface area contributed by atoms with E-state index in [0.29, 0.717) is 67.1 Å². The average molecular weight is 520 g/mol. The van der Waals surface area contributed by atoms with Gasteiger partial charge in [-0.15, -0.1) is 6.42 Å². The second kappa shape index (κ2) is 11.2. The Labute approximate surface area is 223 Å². The van der Waals surface area contributed by atoms with E-state index in [1.807, 2.05) is 11.0 Å². The average Bonchev–Trinajstić information content (AvgIpc) is 3.63. The maximum absolute atomic E-state index is 14.0. The molecule has 3 saturated heterocycles. The molecule has 2 aromatic rings. The number of ether oxygens (including phenoxy) is 1. The number of aromatic nitrogens is 2. The van der Waals surface area contributed by atoms with Crippen LogP contribution in [0.15, 0.2) is 24.3 Å². The van der Waals surface area contributed by atoms with Crippen molar-refractivity contribution in [3.05, 3.63) is 58.4 Å². The molecule has 8 nitrogen and oxygen atoms in total. The van der Waals surface area contributed by atoms with E-state index in [-0.39, 0.29) is 23.7 Å². The molecule has 0 bridgehead atoms. The smallest absolute Gasteiger partial charge is 0.257 e. The van der Waals surface area contributed by atoms with Crippen LogP contribution in [-0.2, 0) is 9.53 Å². The van der Waals surface area contributed by atoms with E-state index in [9.17, 15) is 14.0 Å². The van der Waals surface area contributed by atoms with Crippen LogP contribution in [0.2, 0.25) is 0 Å². The minimum absolute atomic E-state index is 0.0347. The number of carbonyl (C=O) groups excluding carboxylic acids is 2. The number of rotatable bonds is 7. The standard InChI is InChI=1S/C29H34FN5O3/c1-4-26-31-18(2)27(19(3)32-26)29(37)35-16-21-14-34(15-22(21)17-35)11-10-24(20-7-5-8-23(30)13-20)33-28(36)25-9-6-12-38-25/h1,5,7-8,13,21-22,24-25H,6,9-12,14-17H2,2-3H3,(H,33,36)/t21?,22?,24-,25?/m0/s1. The summed E-state index contributed by atoms with van der Waals surface area (Å²) >= 11 is 0. The molecule has 5 rings (SSSR count). The largest absolute Gasteiger partial charge is 0.368 e. The molecule has 200 valence electrons. The molecule has 4 atom stereocenters. The third kappa shape index (κ3) is 5.57. The number of likely N-dealkylation sites (tertiary alicyclic amines) is 2. The number of hydrogen-bond donors (Lipinski definition) is 1. The van der Waals surface area contributed by atoms with Crippen LogP contribution in [0.5, 0.6) is 0 Å². The van der Waals surface area contributed by atoms with Crippen molar-refractivity contribution in [3.8, 4) is 12.3 Å². The van der Waals surface area contributed by atoms with Crippen molar-refractivity contribution in [2.45, 2.75) is 45.3 Å². The first-order valence-corrected chi connectivity index (χ1v) is 13.3. The van der Waals surface area contributed by atoms with Gasteiger partial charge in [0.2, 0.25) is 11.7 Å². The van der Waals surface area contributed by atoms with Crippen LogP contribution < -0.4 is 5.32 Å². The highest BCUT2D eigenvalue weighted by Gasteiger charge is 2.42. The molecular formula is C29H34FN5O3. The number of halogens is 1. The van der Waals surface area contributed by atoms with Crippen molar-refractivity contribution in [1.82, 2.24) is 25.1 Å². The first kappa shape index (κ1) is 26.3. The van der Waals surface area contributed by atoms with Crippen molar-refractivity contribution >= 4 is 11.8 Å². The topological polar surface area (TPSA) is 87.7 Å². The van der Waals surface area contributed by atoms with Gasteiger partial charge in [-0.25, -0.2) is 14.4 Å². The van der Waals surface area contributed by atoms with Crippen LogP contribution in [0.3, 0.4) is 0 Å². The summed E-state index contributed by atoms with van der Waals surface area (Å²) in [6.45, 7) is 8.12. The molecule has 3 aliphatic heterocycles. The Kier molecular flexibility index (Phi) is 7.73. The van der Waals surface area contributed by atoms with Crippen LogP contribution in [-0.4, -0.2) is 77.0 Å². The molecule has 3 unspecified atom stereocenters. The molecule has 1 aromatic heterocycles. The Hall–Kier alpha value is -3.35. The molecule has 0 spiro atoms. The van der Waals surface area contributed by atoms with Gasteiger partial charge in [-0.3, -0.25) is 9.59 Å². The summed E-state index contributed by atoms with van der Waals surface area (Å²) in [6, 6.07) is 6.14. The molecular weight excluding hydrogens is 485 g/mol. The second-order valence-corrected chi connectivity index (χ2v) is 10.6. The van der Waals surface area contributed by atoms with Gasteiger partial charge in [0, 0.05) is 39.3 Å². The quantitative estimate of drug-likeness (QED) is 0.566. The Balaban J connectivity index is 1.19. The number of terminal acetylenes is 1. The molecule has 0 aliphatic carbocycles. The zero-order valence-electron chi connectivity index (χ0n) is 22.0. The highest BCUT2D eigenvalue weighted by molar-refractivity contribution is 5.96. The molecule has 1 aromatic carbocycles. The summed E-state index contributed by atoms with van der Waals surface area (Å²) in [5, 5.41) is 3.10. The van der Waals surface area contributed by atoms with Gasteiger partial charge in [-0.2, -0.15) is 0 Å². The lowest BCUT2D eigenvalue weighted by Gasteiger charge is -2.26. The molecule has 0 saturated carbocycles. The fourth-order valence-electron chi connectivity index (χ4n) is 6.09. The molecule has 1 N–H and O–H groups in total. The van der Waals surface area contributed by atoms with Crippen LogP contribution in [0.1, 0.15) is 58.4 Å². The highest BCUT2D eigenvalue weighted by Crippen LogP contribution is 2.33. The molecule has 0 radical (unpaired) electrons. The van der Waals surface area contributed by atoms with Gasteiger partial charge < -0.3 is 19.9 Å². The van der Waals surface area contributed by atoms with Gasteiger partial charge in [0.15, 0.2) is 0 Å². The maximum Gasteiger partial charge on any atom is 0.257 e. The lowest BCUT2D eigenvalue weighted by Crippen LogP contribution is -2.39. The Bertz CT molecular complexity index is 1220. The van der Waals surface area contributed by atoms with E-state index in [2.05, 4.69) is 26.1 Å². The maximum atomic E-state index is 14.0. The monoisotopic (exact) mass is 519 g/mol. The van der Waals surface area contributed by atoms with E-state index in [4.69, 9.17) is 11.2 Å². The van der Waals surface area contributed by atoms with Crippen LogP contribution in [0, 0.1) is 43.8 Å². The summed E-state index contributed by atoms with van der Waals surface area (Å²) in [5.74, 6) is 3.03. The van der Waals surface area contributed by atoms with Gasteiger partial charge in [-0.1, -0.05) is 12.1 Å². The number of carbonyl (C=O) groups is 2. The van der Waals surface area contributed by atoms with Crippen molar-refractivity contribution < 1.29 is 18.7 Å². The van der Waals surface area contributed by atoms with Gasteiger partial charge in [-0.05, 0) is 68.6 Å². The summed E-state index contributed by atoms with van der Waals surface area (Å²) in [7, 11) is 0. The summed E-state index contributed by atoms with van der Waals surface area (Å²) in [4.78, 5) is 39.0. The fraction of sp³-hybridized carbons (Fsp3) is 0.517. The van der Waals surface area contributed by atoms with E-state index < -0.39 is 6.10 Å². The summed E-state index contributed by atoms with van der Waals surface area (Å²) in [6.07, 6.45) is 7.26. The van der Waals surface area contributed by atoms with Crippen LogP contribution in [0.25, 0.3) is 0 Å². The zero-order valence-corrected chi connectivity index (χ0v) is 22.0. The molecule has 9 heteroatoms. The molecule has 4 heterocycles. The number of fused-ring (bicyclic) bond motifs is 1. The van der Waals surface area contributed by atoms with E-state index >= 15 is 0 Å². The van der Waals surface area contributed by atoms with Crippen LogP contribution >= 0.6 is 0 Å². The fourth-order valence-corrected chi connectivity index (χ4v) is 6.09. The van der Waals surface area contributed by atoms with E-state index in [1.165, 1.54) is 12.1 Å². The number of benzene rings is 1. The lowest BCUT2D eigenvalue weighted by molar-refractivity contribution is -0.130. The highest BCUT2D eigenvalue weighted by atomic mass is 19.1. The third-order valence-electron chi connectivity index (χ3n) is 7.99. The number of amides is 2. The first-order valence-electron chi connectivity index (χ1n) is 13.3. The SMILES string of the molecule is C#Cc1nc(C)c(C(=O)N2CC3CN(CC[C@H](NC(=O)C4CCCO4)c4cccc(F)c4)CC3C2)c(C)n1. The zero-order chi connectivity index (χ0) is 26.8. The Morgan fingerprint density at radius 1 is 1.18 bits per heavy atom. The third-order valence-corrected chi connectivity index (χ3v) is 7.99. The Morgan fingerprint density at radius 2 is 1.89 bits per heavy atom. The Morgan fingerprint density at radius 3 is 2.50 bits per heavy atom. The van der Waals surface area contributed by atoms with Crippen molar-refractivity contribution in [1.29, 1.82) is 0 Å². The van der Waals surface area contributed by atoms with E-state index in [0.717, 1.165) is 31.6 Å². The van der Waals surface area contributed by atoms with Gasteiger partial charge in [0.05, 0.1) is 23.0 Å². The number of nitrogens with one attached hydrogen (secondary N) is 1. The predicted molar refractivity (Wildman–Crippen MR) is 140 cm³/mol. The predicted octanol–water partition coefficient (Wildman–Crippen LogP) is 2.64. The van der Waals surface area contributed by atoms with E-state index in [1.54, 1.807) is 19.9 Å². The number of nitrogens with zero attached hydrogens (tertiary/aromatic N) is 4. The minimum atomic E-state index is -0.429. The summed E-state index contributed by atoms with van der Waals surface area (Å²) < 4.78 is 19.5. The second-order valence-electron chi connectivity index (χ2n) is 10.6. The molecule has 38 heavy (non-hydrogen) atoms. The lowest BCUT2D eigenvalue weighted by atomic mass is 10.0. The molecule has 3 fully saturated rings.